The standard InChI is InChI=1S/C23H28BrNO3/c1-17(2)16-23(28,19-8-6-5-7-9-19)14-15-25(21(26)27)22(3,4)18-10-12-20(24)13-11-18/h5-13,28H,1,14-16H2,2-4H3,(H,26,27). The van der Waals surface area contributed by atoms with Crippen LogP contribution in [0.1, 0.15) is 44.7 Å². The van der Waals surface area contributed by atoms with E-state index in [1.165, 1.54) is 4.90 Å². The molecule has 0 saturated carbocycles. The second-order valence-electron chi connectivity index (χ2n) is 7.78. The van der Waals surface area contributed by atoms with Crippen molar-refractivity contribution in [3.63, 3.8) is 0 Å². The molecule has 1 unspecified atom stereocenters. The van der Waals surface area contributed by atoms with Crippen LogP contribution in [0.25, 0.3) is 0 Å². The Balaban J connectivity index is 2.30. The summed E-state index contributed by atoms with van der Waals surface area (Å²) >= 11 is 3.41. The average Bonchev–Trinajstić information content (AvgIpc) is 2.62. The van der Waals surface area contributed by atoms with Crippen molar-refractivity contribution in [2.75, 3.05) is 6.54 Å². The monoisotopic (exact) mass is 445 g/mol. The quantitative estimate of drug-likeness (QED) is 0.496. The fraction of sp³-hybridized carbons (Fsp3) is 0.348. The number of rotatable bonds is 8. The number of carboxylic acid groups (broad SMARTS) is 1. The van der Waals surface area contributed by atoms with Crippen LogP contribution in [0.4, 0.5) is 4.79 Å². The predicted molar refractivity (Wildman–Crippen MR) is 116 cm³/mol. The third-order valence-electron chi connectivity index (χ3n) is 5.11. The molecule has 2 aromatic carbocycles. The van der Waals surface area contributed by atoms with Gasteiger partial charge in [-0.1, -0.05) is 64.0 Å². The first-order valence-electron chi connectivity index (χ1n) is 9.25. The van der Waals surface area contributed by atoms with Crippen LogP contribution in [0.15, 0.2) is 71.2 Å². The van der Waals surface area contributed by atoms with E-state index in [9.17, 15) is 15.0 Å². The molecule has 0 aromatic heterocycles. The lowest BCUT2D eigenvalue weighted by Gasteiger charge is -2.39. The number of benzene rings is 2. The normalized spacial score (nSPS) is 13.6. The van der Waals surface area contributed by atoms with Gasteiger partial charge in [0.1, 0.15) is 0 Å². The summed E-state index contributed by atoms with van der Waals surface area (Å²) in [6.07, 6.45) is -0.363. The smallest absolute Gasteiger partial charge is 0.408 e. The summed E-state index contributed by atoms with van der Waals surface area (Å²) in [4.78, 5) is 13.5. The molecular weight excluding hydrogens is 418 g/mol. The largest absolute Gasteiger partial charge is 0.465 e. The zero-order chi connectivity index (χ0) is 20.9. The number of hydrogen-bond donors (Lipinski definition) is 2. The van der Waals surface area contributed by atoms with Crippen LogP contribution in [-0.4, -0.2) is 27.8 Å². The Kier molecular flexibility index (Phi) is 7.07. The maximum Gasteiger partial charge on any atom is 0.408 e. The summed E-state index contributed by atoms with van der Waals surface area (Å²) in [5.74, 6) is 0. The van der Waals surface area contributed by atoms with Gasteiger partial charge in [-0.15, -0.1) is 6.58 Å². The summed E-state index contributed by atoms with van der Waals surface area (Å²) in [5.41, 5.74) is 0.593. The summed E-state index contributed by atoms with van der Waals surface area (Å²) in [6, 6.07) is 17.0. The Hall–Kier alpha value is -2.11. The van der Waals surface area contributed by atoms with Crippen LogP contribution in [0, 0.1) is 0 Å². The lowest BCUT2D eigenvalue weighted by molar-refractivity contribution is 0.00685. The highest BCUT2D eigenvalue weighted by Crippen LogP contribution is 2.35. The van der Waals surface area contributed by atoms with Gasteiger partial charge in [-0.25, -0.2) is 4.79 Å². The van der Waals surface area contributed by atoms with Gasteiger partial charge in [-0.05, 0) is 50.5 Å². The van der Waals surface area contributed by atoms with Gasteiger partial charge < -0.3 is 10.2 Å². The molecule has 2 rings (SSSR count). The maximum atomic E-state index is 12.1. The van der Waals surface area contributed by atoms with Crippen LogP contribution in [-0.2, 0) is 11.1 Å². The Morgan fingerprint density at radius 3 is 2.14 bits per heavy atom. The zero-order valence-corrected chi connectivity index (χ0v) is 18.2. The molecule has 150 valence electrons. The molecule has 0 spiro atoms. The van der Waals surface area contributed by atoms with Crippen LogP contribution >= 0.6 is 15.9 Å². The van der Waals surface area contributed by atoms with Crippen molar-refractivity contribution < 1.29 is 15.0 Å². The van der Waals surface area contributed by atoms with Crippen molar-refractivity contribution in [1.29, 1.82) is 0 Å². The van der Waals surface area contributed by atoms with Crippen molar-refractivity contribution in [1.82, 2.24) is 4.90 Å². The molecule has 2 N–H and O–H groups in total. The first kappa shape index (κ1) is 22.2. The van der Waals surface area contributed by atoms with Crippen LogP contribution in [0.2, 0.25) is 0 Å². The number of nitrogens with zero attached hydrogens (tertiary/aromatic N) is 1. The number of aliphatic hydroxyl groups is 1. The van der Waals surface area contributed by atoms with E-state index in [0.29, 0.717) is 6.42 Å². The van der Waals surface area contributed by atoms with Gasteiger partial charge in [-0.3, -0.25) is 4.90 Å². The van der Waals surface area contributed by atoms with Gasteiger partial charge in [0.25, 0.3) is 0 Å². The van der Waals surface area contributed by atoms with Gasteiger partial charge in [0.15, 0.2) is 0 Å². The predicted octanol–water partition coefficient (Wildman–Crippen LogP) is 5.91. The van der Waals surface area contributed by atoms with Crippen molar-refractivity contribution in [3.8, 4) is 0 Å². The minimum Gasteiger partial charge on any atom is -0.465 e. The number of hydrogen-bond acceptors (Lipinski definition) is 2. The van der Waals surface area contributed by atoms with Crippen LogP contribution in [0.5, 0.6) is 0 Å². The highest BCUT2D eigenvalue weighted by Gasteiger charge is 2.36. The van der Waals surface area contributed by atoms with E-state index in [1.54, 1.807) is 0 Å². The third kappa shape index (κ3) is 5.24. The first-order chi connectivity index (χ1) is 13.1. The lowest BCUT2D eigenvalue weighted by Crippen LogP contribution is -2.47. The highest BCUT2D eigenvalue weighted by molar-refractivity contribution is 9.10. The molecule has 5 heteroatoms. The highest BCUT2D eigenvalue weighted by atomic mass is 79.9. The van der Waals surface area contributed by atoms with Crippen LogP contribution < -0.4 is 0 Å². The molecule has 28 heavy (non-hydrogen) atoms. The van der Waals surface area contributed by atoms with Crippen molar-refractivity contribution in [3.05, 3.63) is 82.3 Å². The zero-order valence-electron chi connectivity index (χ0n) is 16.7. The summed E-state index contributed by atoms with van der Waals surface area (Å²) in [5, 5.41) is 21.3. The van der Waals surface area contributed by atoms with E-state index < -0.39 is 17.2 Å². The molecule has 0 aliphatic heterocycles. The Morgan fingerprint density at radius 2 is 1.64 bits per heavy atom. The van der Waals surface area contributed by atoms with E-state index in [0.717, 1.165) is 21.2 Å². The van der Waals surface area contributed by atoms with E-state index in [-0.39, 0.29) is 13.0 Å². The summed E-state index contributed by atoms with van der Waals surface area (Å²) < 4.78 is 0.939. The molecular formula is C23H28BrNO3. The van der Waals surface area contributed by atoms with Gasteiger partial charge >= 0.3 is 6.09 Å². The molecule has 0 saturated heterocycles. The fourth-order valence-electron chi connectivity index (χ4n) is 3.51. The molecule has 4 nitrogen and oxygen atoms in total. The Bertz CT molecular complexity index is 818. The third-order valence-corrected chi connectivity index (χ3v) is 5.64. The molecule has 2 aromatic rings. The van der Waals surface area contributed by atoms with Crippen molar-refractivity contribution in [2.45, 2.75) is 44.8 Å². The van der Waals surface area contributed by atoms with Crippen molar-refractivity contribution in [2.24, 2.45) is 0 Å². The minimum absolute atomic E-state index is 0.192. The average molecular weight is 446 g/mol. The van der Waals surface area contributed by atoms with Gasteiger partial charge in [0, 0.05) is 17.4 Å². The molecule has 0 aliphatic carbocycles. The number of amides is 1. The minimum atomic E-state index is -1.17. The van der Waals surface area contributed by atoms with Gasteiger partial charge in [-0.2, -0.15) is 0 Å². The molecule has 0 radical (unpaired) electrons. The van der Waals surface area contributed by atoms with E-state index >= 15 is 0 Å². The molecule has 0 bridgehead atoms. The van der Waals surface area contributed by atoms with Crippen molar-refractivity contribution >= 4 is 22.0 Å². The molecule has 1 amide bonds. The topological polar surface area (TPSA) is 60.8 Å². The molecule has 0 aliphatic rings. The fourth-order valence-corrected chi connectivity index (χ4v) is 3.77. The summed E-state index contributed by atoms with van der Waals surface area (Å²) in [7, 11) is 0. The first-order valence-corrected chi connectivity index (χ1v) is 10.0. The summed E-state index contributed by atoms with van der Waals surface area (Å²) in [6.45, 7) is 9.76. The Morgan fingerprint density at radius 1 is 1.07 bits per heavy atom. The number of carbonyl (C=O) groups is 1. The Labute approximate surface area is 175 Å². The van der Waals surface area contributed by atoms with E-state index in [1.807, 2.05) is 75.4 Å². The van der Waals surface area contributed by atoms with Gasteiger partial charge in [0.05, 0.1) is 11.1 Å². The second-order valence-corrected chi connectivity index (χ2v) is 8.70. The lowest BCUT2D eigenvalue weighted by atomic mass is 9.84. The van der Waals surface area contributed by atoms with E-state index in [4.69, 9.17) is 0 Å². The van der Waals surface area contributed by atoms with Gasteiger partial charge in [0.2, 0.25) is 0 Å². The SMILES string of the molecule is C=C(C)CC(O)(CCN(C(=O)O)C(C)(C)c1ccc(Br)cc1)c1ccccc1. The van der Waals surface area contributed by atoms with Crippen LogP contribution in [0.3, 0.4) is 0 Å². The maximum absolute atomic E-state index is 12.1. The second kappa shape index (κ2) is 8.93. The molecule has 1 atom stereocenters. The molecule has 0 heterocycles. The number of halogens is 1. The van der Waals surface area contributed by atoms with E-state index in [2.05, 4.69) is 22.5 Å². The molecule has 0 fully saturated rings.